The Labute approximate surface area is 101 Å². The highest BCUT2D eigenvalue weighted by Gasteiger charge is 2.27. The fourth-order valence-electron chi connectivity index (χ4n) is 2.05. The molecule has 4 heteroatoms. The molecule has 3 N–H and O–H groups in total. The van der Waals surface area contributed by atoms with E-state index in [1.807, 2.05) is 25.1 Å². The molecular formula is C13H18N2O2. The van der Waals surface area contributed by atoms with Crippen LogP contribution >= 0.6 is 0 Å². The largest absolute Gasteiger partial charge is 0.392 e. The van der Waals surface area contributed by atoms with Gasteiger partial charge < -0.3 is 15.7 Å². The van der Waals surface area contributed by atoms with Gasteiger partial charge in [-0.1, -0.05) is 29.8 Å². The summed E-state index contributed by atoms with van der Waals surface area (Å²) in [5.41, 5.74) is 2.28. The minimum atomic E-state index is -0.398. The molecule has 92 valence electrons. The summed E-state index contributed by atoms with van der Waals surface area (Å²) >= 11 is 0. The quantitative estimate of drug-likeness (QED) is 0.706. The van der Waals surface area contributed by atoms with Gasteiger partial charge in [-0.25, -0.2) is 0 Å². The van der Waals surface area contributed by atoms with E-state index in [0.717, 1.165) is 5.56 Å². The van der Waals surface area contributed by atoms with Crippen LogP contribution in [0.5, 0.6) is 0 Å². The maximum atomic E-state index is 11.8. The van der Waals surface area contributed by atoms with E-state index in [9.17, 15) is 9.90 Å². The number of β-amino-alcohol motifs (C(OH)–C–C–N with tert-alkyl or cyclic N) is 1. The Balaban J connectivity index is 1.84. The molecule has 0 spiro atoms. The van der Waals surface area contributed by atoms with E-state index in [2.05, 4.69) is 16.7 Å². The van der Waals surface area contributed by atoms with E-state index in [1.54, 1.807) is 0 Å². The monoisotopic (exact) mass is 234 g/mol. The lowest BCUT2D eigenvalue weighted by molar-refractivity contribution is -0.123. The Morgan fingerprint density at radius 1 is 1.59 bits per heavy atom. The molecule has 2 rings (SSSR count). The Kier molecular flexibility index (Phi) is 3.76. The molecule has 1 aliphatic rings. The number of benzene rings is 1. The number of hydrogen-bond acceptors (Lipinski definition) is 3. The van der Waals surface area contributed by atoms with Gasteiger partial charge in [-0.05, 0) is 18.9 Å². The van der Waals surface area contributed by atoms with Gasteiger partial charge in [0.15, 0.2) is 0 Å². The van der Waals surface area contributed by atoms with Gasteiger partial charge >= 0.3 is 0 Å². The van der Waals surface area contributed by atoms with Crippen LogP contribution in [0.2, 0.25) is 0 Å². The van der Waals surface area contributed by atoms with Gasteiger partial charge in [0.1, 0.15) is 0 Å². The number of carbonyl (C=O) groups is 1. The van der Waals surface area contributed by atoms with Gasteiger partial charge in [0, 0.05) is 13.1 Å². The Morgan fingerprint density at radius 3 is 3.06 bits per heavy atom. The van der Waals surface area contributed by atoms with Gasteiger partial charge in [0.05, 0.1) is 12.1 Å². The number of hydrogen-bond donors (Lipinski definition) is 3. The van der Waals surface area contributed by atoms with Crippen molar-refractivity contribution in [3.8, 4) is 0 Å². The molecule has 0 saturated carbocycles. The van der Waals surface area contributed by atoms with Crippen LogP contribution in [0.3, 0.4) is 0 Å². The fourth-order valence-corrected chi connectivity index (χ4v) is 2.05. The van der Waals surface area contributed by atoms with E-state index >= 15 is 0 Å². The fraction of sp³-hybridized carbons (Fsp3) is 0.462. The van der Waals surface area contributed by atoms with Gasteiger partial charge in [-0.3, -0.25) is 4.79 Å². The lowest BCUT2D eigenvalue weighted by atomic mass is 10.1. The van der Waals surface area contributed by atoms with Crippen molar-refractivity contribution in [1.29, 1.82) is 0 Å². The molecule has 0 bridgehead atoms. The molecule has 17 heavy (non-hydrogen) atoms. The minimum absolute atomic E-state index is 0.0388. The summed E-state index contributed by atoms with van der Waals surface area (Å²) in [7, 11) is 0. The first kappa shape index (κ1) is 12.1. The molecule has 0 unspecified atom stereocenters. The van der Waals surface area contributed by atoms with Crippen LogP contribution in [-0.2, 0) is 11.3 Å². The van der Waals surface area contributed by atoms with Crippen LogP contribution in [0, 0.1) is 6.92 Å². The van der Waals surface area contributed by atoms with Crippen molar-refractivity contribution in [3.63, 3.8) is 0 Å². The van der Waals surface area contributed by atoms with Crippen molar-refractivity contribution >= 4 is 5.91 Å². The third-order valence-electron chi connectivity index (χ3n) is 2.97. The average Bonchev–Trinajstić information content (AvgIpc) is 2.73. The van der Waals surface area contributed by atoms with E-state index in [-0.39, 0.29) is 11.9 Å². The van der Waals surface area contributed by atoms with Crippen molar-refractivity contribution < 1.29 is 9.90 Å². The standard InChI is InChI=1S/C13H18N2O2/c1-9-3-2-4-10(5-9)7-15-13(17)12-6-11(16)8-14-12/h2-5,11-12,14,16H,6-8H2,1H3,(H,15,17)/t11-,12+/m1/s1. The molecule has 0 aliphatic carbocycles. The Hall–Kier alpha value is -1.39. The van der Waals surface area contributed by atoms with Crippen molar-refractivity contribution in [2.24, 2.45) is 0 Å². The first-order chi connectivity index (χ1) is 8.15. The maximum Gasteiger partial charge on any atom is 0.237 e. The summed E-state index contributed by atoms with van der Waals surface area (Å²) in [6.45, 7) is 3.07. The van der Waals surface area contributed by atoms with Gasteiger partial charge in [0.25, 0.3) is 0 Å². The zero-order chi connectivity index (χ0) is 12.3. The summed E-state index contributed by atoms with van der Waals surface area (Å²) in [4.78, 5) is 11.8. The topological polar surface area (TPSA) is 61.4 Å². The van der Waals surface area contributed by atoms with Crippen LogP contribution in [0.1, 0.15) is 17.5 Å². The molecule has 4 nitrogen and oxygen atoms in total. The number of aliphatic hydroxyl groups is 1. The second kappa shape index (κ2) is 5.29. The highest BCUT2D eigenvalue weighted by Crippen LogP contribution is 2.07. The number of aryl methyl sites for hydroxylation is 1. The molecule has 1 fully saturated rings. The van der Waals surface area contributed by atoms with Crippen molar-refractivity contribution in [2.75, 3.05) is 6.54 Å². The van der Waals surface area contributed by atoms with Crippen LogP contribution in [-0.4, -0.2) is 29.7 Å². The lowest BCUT2D eigenvalue weighted by Gasteiger charge is -2.11. The molecule has 1 heterocycles. The van der Waals surface area contributed by atoms with Crippen molar-refractivity contribution in [3.05, 3.63) is 35.4 Å². The zero-order valence-corrected chi connectivity index (χ0v) is 9.94. The number of rotatable bonds is 3. The molecule has 1 saturated heterocycles. The Morgan fingerprint density at radius 2 is 2.41 bits per heavy atom. The molecular weight excluding hydrogens is 216 g/mol. The SMILES string of the molecule is Cc1cccc(CNC(=O)[C@@H]2C[C@@H](O)CN2)c1. The summed E-state index contributed by atoms with van der Waals surface area (Å²) in [6, 6.07) is 7.80. The van der Waals surface area contributed by atoms with Crippen molar-refractivity contribution in [2.45, 2.75) is 32.0 Å². The molecule has 1 aromatic rings. The van der Waals surface area contributed by atoms with Crippen LogP contribution in [0.25, 0.3) is 0 Å². The molecule has 0 radical (unpaired) electrons. The van der Waals surface area contributed by atoms with E-state index in [4.69, 9.17) is 0 Å². The number of carbonyl (C=O) groups excluding carboxylic acids is 1. The molecule has 1 aromatic carbocycles. The second-order valence-corrected chi connectivity index (χ2v) is 4.56. The van der Waals surface area contributed by atoms with Crippen molar-refractivity contribution in [1.82, 2.24) is 10.6 Å². The minimum Gasteiger partial charge on any atom is -0.392 e. The summed E-state index contributed by atoms with van der Waals surface area (Å²) < 4.78 is 0. The predicted molar refractivity (Wildman–Crippen MR) is 65.4 cm³/mol. The van der Waals surface area contributed by atoms with Crippen LogP contribution in [0.4, 0.5) is 0 Å². The smallest absolute Gasteiger partial charge is 0.237 e. The lowest BCUT2D eigenvalue weighted by Crippen LogP contribution is -2.40. The summed E-state index contributed by atoms with van der Waals surface area (Å²) in [5.74, 6) is -0.0388. The first-order valence-corrected chi connectivity index (χ1v) is 5.90. The predicted octanol–water partition coefficient (Wildman–Crippen LogP) is 0.334. The molecule has 2 atom stereocenters. The molecule has 1 aliphatic heterocycles. The van der Waals surface area contributed by atoms with Crippen LogP contribution < -0.4 is 10.6 Å². The highest BCUT2D eigenvalue weighted by atomic mass is 16.3. The molecule has 1 amide bonds. The zero-order valence-electron chi connectivity index (χ0n) is 9.94. The van der Waals surface area contributed by atoms with Gasteiger partial charge in [0.2, 0.25) is 5.91 Å². The van der Waals surface area contributed by atoms with Crippen LogP contribution in [0.15, 0.2) is 24.3 Å². The number of nitrogens with one attached hydrogen (secondary N) is 2. The number of aliphatic hydroxyl groups excluding tert-OH is 1. The van der Waals surface area contributed by atoms with Gasteiger partial charge in [-0.2, -0.15) is 0 Å². The van der Waals surface area contributed by atoms with E-state index in [0.29, 0.717) is 19.5 Å². The molecule has 0 aromatic heterocycles. The third kappa shape index (κ3) is 3.28. The number of amides is 1. The second-order valence-electron chi connectivity index (χ2n) is 4.56. The maximum absolute atomic E-state index is 11.8. The summed E-state index contributed by atoms with van der Waals surface area (Å²) in [6.07, 6.45) is 0.101. The first-order valence-electron chi connectivity index (χ1n) is 5.90. The third-order valence-corrected chi connectivity index (χ3v) is 2.97. The van der Waals surface area contributed by atoms with E-state index in [1.165, 1.54) is 5.56 Å². The normalized spacial score (nSPS) is 23.6. The highest BCUT2D eigenvalue weighted by molar-refractivity contribution is 5.82. The average molecular weight is 234 g/mol. The summed E-state index contributed by atoms with van der Waals surface area (Å²) in [5, 5.41) is 15.2. The van der Waals surface area contributed by atoms with E-state index < -0.39 is 6.10 Å². The Bertz CT molecular complexity index is 406. The van der Waals surface area contributed by atoms with Gasteiger partial charge in [-0.15, -0.1) is 0 Å².